The number of nitrogens with two attached hydrogens (primary N) is 1. The van der Waals surface area contributed by atoms with Gasteiger partial charge in [0.1, 0.15) is 6.54 Å². The highest BCUT2D eigenvalue weighted by Gasteiger charge is 2.27. The zero-order chi connectivity index (χ0) is 13.9. The quantitative estimate of drug-likeness (QED) is 0.876. The van der Waals surface area contributed by atoms with Gasteiger partial charge in [0.25, 0.3) is 0 Å². The second kappa shape index (κ2) is 5.83. The Balaban J connectivity index is 1.48. The van der Waals surface area contributed by atoms with E-state index in [0.717, 1.165) is 32.2 Å². The number of amides is 1. The first-order valence-electron chi connectivity index (χ1n) is 7.52. The molecule has 2 heterocycles. The molecule has 0 aromatic carbocycles. The second-order valence-corrected chi connectivity index (χ2v) is 5.83. The van der Waals surface area contributed by atoms with Gasteiger partial charge in [-0.15, -0.1) is 0 Å². The number of aromatic nitrogens is 2. The van der Waals surface area contributed by atoms with Gasteiger partial charge in [0.05, 0.1) is 11.9 Å². The molecule has 0 spiro atoms. The second-order valence-electron chi connectivity index (χ2n) is 5.83. The SMILES string of the molecule is Nc1cnn(CC(=O)N2CCN(C3CCCC3)CC2)c1. The highest BCUT2D eigenvalue weighted by atomic mass is 16.2. The molecule has 1 aromatic rings. The van der Waals surface area contributed by atoms with E-state index in [1.165, 1.54) is 25.7 Å². The van der Waals surface area contributed by atoms with Crippen LogP contribution in [0.2, 0.25) is 0 Å². The van der Waals surface area contributed by atoms with Crippen LogP contribution in [0.5, 0.6) is 0 Å². The van der Waals surface area contributed by atoms with E-state index in [2.05, 4.69) is 10.00 Å². The van der Waals surface area contributed by atoms with Crippen molar-refractivity contribution in [3.8, 4) is 0 Å². The van der Waals surface area contributed by atoms with Gasteiger partial charge in [0, 0.05) is 38.4 Å². The molecule has 1 aliphatic carbocycles. The number of carbonyl (C=O) groups excluding carboxylic acids is 1. The topological polar surface area (TPSA) is 67.4 Å². The van der Waals surface area contributed by atoms with E-state index in [1.54, 1.807) is 17.1 Å². The number of piperazine rings is 1. The molecule has 6 nitrogen and oxygen atoms in total. The average molecular weight is 277 g/mol. The molecular formula is C14H23N5O. The van der Waals surface area contributed by atoms with Crippen LogP contribution >= 0.6 is 0 Å². The molecular weight excluding hydrogens is 254 g/mol. The van der Waals surface area contributed by atoms with E-state index in [9.17, 15) is 4.79 Å². The van der Waals surface area contributed by atoms with Crippen LogP contribution in [0.4, 0.5) is 5.69 Å². The maximum atomic E-state index is 12.2. The molecule has 20 heavy (non-hydrogen) atoms. The summed E-state index contributed by atoms with van der Waals surface area (Å²) in [6.07, 6.45) is 8.67. The lowest BCUT2D eigenvalue weighted by Crippen LogP contribution is -2.52. The van der Waals surface area contributed by atoms with Gasteiger partial charge in [-0.25, -0.2) is 0 Å². The molecule has 3 rings (SSSR count). The molecule has 1 aromatic heterocycles. The van der Waals surface area contributed by atoms with Crippen molar-refractivity contribution < 1.29 is 4.79 Å². The fourth-order valence-electron chi connectivity index (χ4n) is 3.31. The predicted octanol–water partition coefficient (Wildman–Crippen LogP) is 0.552. The number of nitrogen functional groups attached to an aromatic ring is 1. The lowest BCUT2D eigenvalue weighted by atomic mass is 10.2. The van der Waals surface area contributed by atoms with Crippen LogP contribution in [0.1, 0.15) is 25.7 Å². The van der Waals surface area contributed by atoms with Gasteiger partial charge in [-0.05, 0) is 12.8 Å². The Kier molecular flexibility index (Phi) is 3.91. The maximum absolute atomic E-state index is 12.2. The Bertz CT molecular complexity index is 458. The van der Waals surface area contributed by atoms with Gasteiger partial charge < -0.3 is 10.6 Å². The monoisotopic (exact) mass is 277 g/mol. The van der Waals surface area contributed by atoms with Crippen molar-refractivity contribution in [2.24, 2.45) is 0 Å². The summed E-state index contributed by atoms with van der Waals surface area (Å²) >= 11 is 0. The fraction of sp³-hybridized carbons (Fsp3) is 0.714. The Labute approximate surface area is 119 Å². The zero-order valence-electron chi connectivity index (χ0n) is 11.9. The van der Waals surface area contributed by atoms with Crippen molar-refractivity contribution in [3.05, 3.63) is 12.4 Å². The van der Waals surface area contributed by atoms with Crippen molar-refractivity contribution >= 4 is 11.6 Å². The van der Waals surface area contributed by atoms with Gasteiger partial charge in [-0.2, -0.15) is 5.10 Å². The van der Waals surface area contributed by atoms with Gasteiger partial charge in [0.2, 0.25) is 5.91 Å². The molecule has 6 heteroatoms. The van der Waals surface area contributed by atoms with Crippen LogP contribution in [0.15, 0.2) is 12.4 Å². The fourth-order valence-corrected chi connectivity index (χ4v) is 3.31. The first-order chi connectivity index (χ1) is 9.72. The van der Waals surface area contributed by atoms with E-state index in [-0.39, 0.29) is 5.91 Å². The van der Waals surface area contributed by atoms with Crippen LogP contribution in [-0.4, -0.2) is 57.7 Å². The smallest absolute Gasteiger partial charge is 0.244 e. The molecule has 1 saturated carbocycles. The Morgan fingerprint density at radius 2 is 1.95 bits per heavy atom. The lowest BCUT2D eigenvalue weighted by molar-refractivity contribution is -0.134. The third-order valence-corrected chi connectivity index (χ3v) is 4.46. The predicted molar refractivity (Wildman–Crippen MR) is 77.0 cm³/mol. The highest BCUT2D eigenvalue weighted by Crippen LogP contribution is 2.24. The van der Waals surface area contributed by atoms with E-state index < -0.39 is 0 Å². The zero-order valence-corrected chi connectivity index (χ0v) is 11.9. The van der Waals surface area contributed by atoms with Crippen molar-refractivity contribution in [1.29, 1.82) is 0 Å². The molecule has 2 fully saturated rings. The number of hydrogen-bond acceptors (Lipinski definition) is 4. The van der Waals surface area contributed by atoms with E-state index in [0.29, 0.717) is 12.2 Å². The van der Waals surface area contributed by atoms with Gasteiger partial charge in [-0.1, -0.05) is 12.8 Å². The molecule has 0 radical (unpaired) electrons. The summed E-state index contributed by atoms with van der Waals surface area (Å²) in [6, 6.07) is 0.762. The molecule has 0 atom stereocenters. The molecule has 110 valence electrons. The molecule has 1 amide bonds. The minimum atomic E-state index is 0.138. The number of rotatable bonds is 3. The number of anilines is 1. The minimum absolute atomic E-state index is 0.138. The van der Waals surface area contributed by atoms with Crippen LogP contribution in [0.3, 0.4) is 0 Å². The van der Waals surface area contributed by atoms with Crippen LogP contribution in [0.25, 0.3) is 0 Å². The first kappa shape index (κ1) is 13.4. The highest BCUT2D eigenvalue weighted by molar-refractivity contribution is 5.76. The molecule has 0 unspecified atom stereocenters. The van der Waals surface area contributed by atoms with E-state index in [1.807, 2.05) is 4.90 Å². The summed E-state index contributed by atoms with van der Waals surface area (Å²) in [4.78, 5) is 16.7. The number of carbonyl (C=O) groups is 1. The Morgan fingerprint density at radius 1 is 1.25 bits per heavy atom. The van der Waals surface area contributed by atoms with Gasteiger partial charge in [-0.3, -0.25) is 14.4 Å². The molecule has 2 aliphatic rings. The van der Waals surface area contributed by atoms with Crippen molar-refractivity contribution in [2.45, 2.75) is 38.3 Å². The number of nitrogens with zero attached hydrogens (tertiary/aromatic N) is 4. The summed E-state index contributed by atoms with van der Waals surface area (Å²) in [5.41, 5.74) is 6.21. The first-order valence-corrected chi connectivity index (χ1v) is 7.52. The molecule has 2 N–H and O–H groups in total. The third-order valence-electron chi connectivity index (χ3n) is 4.46. The Hall–Kier alpha value is -1.56. The van der Waals surface area contributed by atoms with E-state index >= 15 is 0 Å². The summed E-state index contributed by atoms with van der Waals surface area (Å²) in [5.74, 6) is 0.138. The minimum Gasteiger partial charge on any atom is -0.396 e. The third kappa shape index (κ3) is 2.95. The summed E-state index contributed by atoms with van der Waals surface area (Å²) in [6.45, 7) is 3.99. The van der Waals surface area contributed by atoms with Crippen LogP contribution in [-0.2, 0) is 11.3 Å². The number of hydrogen-bond donors (Lipinski definition) is 1. The van der Waals surface area contributed by atoms with Gasteiger partial charge >= 0.3 is 0 Å². The standard InChI is InChI=1S/C14H23N5O/c15-12-9-16-19(10-12)11-14(20)18-7-5-17(6-8-18)13-3-1-2-4-13/h9-10,13H,1-8,11,15H2. The van der Waals surface area contributed by atoms with Crippen LogP contribution < -0.4 is 5.73 Å². The van der Waals surface area contributed by atoms with E-state index in [4.69, 9.17) is 5.73 Å². The van der Waals surface area contributed by atoms with Gasteiger partial charge in [0.15, 0.2) is 0 Å². The molecule has 0 bridgehead atoms. The van der Waals surface area contributed by atoms with Crippen molar-refractivity contribution in [2.75, 3.05) is 31.9 Å². The summed E-state index contributed by atoms with van der Waals surface area (Å²) in [7, 11) is 0. The summed E-state index contributed by atoms with van der Waals surface area (Å²) < 4.78 is 1.61. The van der Waals surface area contributed by atoms with Crippen LogP contribution in [0, 0.1) is 0 Å². The lowest BCUT2D eigenvalue weighted by Gasteiger charge is -2.38. The van der Waals surface area contributed by atoms with Crippen molar-refractivity contribution in [3.63, 3.8) is 0 Å². The molecule has 1 saturated heterocycles. The largest absolute Gasteiger partial charge is 0.396 e. The summed E-state index contributed by atoms with van der Waals surface area (Å²) in [5, 5.41) is 4.06. The normalized spacial score (nSPS) is 21.5. The molecule has 1 aliphatic heterocycles. The van der Waals surface area contributed by atoms with Crippen molar-refractivity contribution in [1.82, 2.24) is 19.6 Å². The average Bonchev–Trinajstić information content (AvgIpc) is 3.11. The Morgan fingerprint density at radius 3 is 2.55 bits per heavy atom. The maximum Gasteiger partial charge on any atom is 0.244 e.